The fourth-order valence-electron chi connectivity index (χ4n) is 4.69. The summed E-state index contributed by atoms with van der Waals surface area (Å²) >= 11 is 0. The van der Waals surface area contributed by atoms with Gasteiger partial charge in [0.05, 0.1) is 19.6 Å². The number of carbonyl (C=O) groups is 2. The van der Waals surface area contributed by atoms with Gasteiger partial charge in [-0.15, -0.1) is 0 Å². The van der Waals surface area contributed by atoms with Crippen molar-refractivity contribution in [2.75, 3.05) is 13.2 Å². The van der Waals surface area contributed by atoms with Gasteiger partial charge in [0.2, 0.25) is 0 Å². The van der Waals surface area contributed by atoms with Gasteiger partial charge in [-0.2, -0.15) is 0 Å². The number of ether oxygens (including phenoxy) is 2. The van der Waals surface area contributed by atoms with Crippen molar-refractivity contribution in [3.63, 3.8) is 0 Å². The summed E-state index contributed by atoms with van der Waals surface area (Å²) in [5.41, 5.74) is 0. The van der Waals surface area contributed by atoms with Gasteiger partial charge in [-0.25, -0.2) is 0 Å². The van der Waals surface area contributed by atoms with E-state index in [0.717, 1.165) is 38.5 Å². The van der Waals surface area contributed by atoms with E-state index < -0.39 is 0 Å². The number of esters is 2. The van der Waals surface area contributed by atoms with Gasteiger partial charge in [0.15, 0.2) is 0 Å². The molecule has 0 amide bonds. The monoisotopic (exact) mass is 536 g/mol. The Kier molecular flexibility index (Phi) is 30.8. The maximum Gasteiger partial charge on any atom is 0.309 e. The van der Waals surface area contributed by atoms with E-state index in [0.29, 0.717) is 26.1 Å². The van der Waals surface area contributed by atoms with Crippen LogP contribution in [0.4, 0.5) is 0 Å². The number of hydrogen-bond acceptors (Lipinski definition) is 4. The topological polar surface area (TPSA) is 52.6 Å². The molecule has 0 aliphatic rings. The molecule has 0 unspecified atom stereocenters. The molecule has 0 saturated carbocycles. The van der Waals surface area contributed by atoms with E-state index in [1.54, 1.807) is 0 Å². The predicted molar refractivity (Wildman–Crippen MR) is 162 cm³/mol. The van der Waals surface area contributed by atoms with Gasteiger partial charge >= 0.3 is 11.9 Å². The van der Waals surface area contributed by atoms with E-state index in [4.69, 9.17) is 9.47 Å². The number of carbonyl (C=O) groups excluding carboxylic acids is 2. The molecule has 0 N–H and O–H groups in total. The zero-order valence-corrected chi connectivity index (χ0v) is 25.6. The fourth-order valence-corrected chi connectivity index (χ4v) is 4.69. The van der Waals surface area contributed by atoms with Gasteiger partial charge in [0.25, 0.3) is 0 Å². The zero-order chi connectivity index (χ0) is 27.8. The van der Waals surface area contributed by atoms with E-state index in [1.165, 1.54) is 116 Å². The molecule has 0 saturated heterocycles. The molecule has 0 aliphatic carbocycles. The minimum atomic E-state index is -0.0857. The first-order valence-corrected chi connectivity index (χ1v) is 16.7. The maximum atomic E-state index is 11.7. The third-order valence-corrected chi connectivity index (χ3v) is 7.22. The van der Waals surface area contributed by atoms with Crippen molar-refractivity contribution >= 4 is 11.9 Å². The van der Waals surface area contributed by atoms with Gasteiger partial charge in [0, 0.05) is 6.42 Å². The number of hydrogen-bond donors (Lipinski definition) is 0. The molecule has 0 spiro atoms. The van der Waals surface area contributed by atoms with E-state index in [2.05, 4.69) is 19.9 Å². The Bertz CT molecular complexity index is 529. The van der Waals surface area contributed by atoms with Gasteiger partial charge in [-0.1, -0.05) is 148 Å². The highest BCUT2D eigenvalue weighted by molar-refractivity contribution is 5.71. The summed E-state index contributed by atoms with van der Waals surface area (Å²) < 4.78 is 10.6. The minimum Gasteiger partial charge on any atom is -0.466 e. The van der Waals surface area contributed by atoms with Gasteiger partial charge in [-0.05, 0) is 32.1 Å². The van der Waals surface area contributed by atoms with Gasteiger partial charge in [0.1, 0.15) is 0 Å². The molecule has 0 aromatic heterocycles. The largest absolute Gasteiger partial charge is 0.466 e. The van der Waals surface area contributed by atoms with E-state index in [-0.39, 0.29) is 11.9 Å². The molecular formula is C34H64O4. The van der Waals surface area contributed by atoms with Crippen LogP contribution in [0.3, 0.4) is 0 Å². The van der Waals surface area contributed by atoms with E-state index in [9.17, 15) is 9.59 Å². The lowest BCUT2D eigenvalue weighted by atomic mass is 10.0. The summed E-state index contributed by atoms with van der Waals surface area (Å²) in [5.74, 6) is -0.0879. The summed E-state index contributed by atoms with van der Waals surface area (Å²) in [6.07, 6.45) is 34.8. The summed E-state index contributed by atoms with van der Waals surface area (Å²) in [6.45, 7) is 5.61. The third-order valence-electron chi connectivity index (χ3n) is 7.22. The highest BCUT2D eigenvalue weighted by Crippen LogP contribution is 2.14. The minimum absolute atomic E-state index is 0.00219. The first-order chi connectivity index (χ1) is 18.7. The molecule has 224 valence electrons. The molecule has 0 aliphatic heterocycles. The molecular weight excluding hydrogens is 472 g/mol. The van der Waals surface area contributed by atoms with Gasteiger partial charge in [-0.3, -0.25) is 9.59 Å². The number of allylic oxidation sites excluding steroid dienone is 1. The quantitative estimate of drug-likeness (QED) is 0.0520. The van der Waals surface area contributed by atoms with Crippen LogP contribution in [0.25, 0.3) is 0 Å². The predicted octanol–water partition coefficient (Wildman–Crippen LogP) is 10.8. The van der Waals surface area contributed by atoms with Crippen LogP contribution < -0.4 is 0 Å². The molecule has 38 heavy (non-hydrogen) atoms. The van der Waals surface area contributed by atoms with Crippen molar-refractivity contribution in [2.24, 2.45) is 0 Å². The van der Waals surface area contributed by atoms with Crippen LogP contribution >= 0.6 is 0 Å². The Hall–Kier alpha value is -1.32. The van der Waals surface area contributed by atoms with Crippen LogP contribution in [-0.2, 0) is 19.1 Å². The average Bonchev–Trinajstić information content (AvgIpc) is 2.91. The van der Waals surface area contributed by atoms with E-state index >= 15 is 0 Å². The normalized spacial score (nSPS) is 11.3. The van der Waals surface area contributed by atoms with Crippen LogP contribution in [0.5, 0.6) is 0 Å². The molecule has 0 rings (SSSR count). The molecule has 4 heteroatoms. The summed E-state index contributed by atoms with van der Waals surface area (Å²) in [6, 6.07) is 0. The van der Waals surface area contributed by atoms with Crippen molar-refractivity contribution in [2.45, 2.75) is 181 Å². The standard InChI is InChI=1S/C34H64O4/c1-3-5-7-23-27-31-37-33(35)29-25-21-19-17-15-13-11-9-10-12-14-16-18-20-22-26-30-34(36)38-32-28-24-8-6-4-2/h21,25H,3-20,22-24,26-32H2,1-2H3/b25-21+. The summed E-state index contributed by atoms with van der Waals surface area (Å²) in [4.78, 5) is 23.4. The summed E-state index contributed by atoms with van der Waals surface area (Å²) in [7, 11) is 0. The van der Waals surface area contributed by atoms with Crippen LogP contribution in [0.2, 0.25) is 0 Å². The smallest absolute Gasteiger partial charge is 0.309 e. The Morgan fingerprint density at radius 1 is 0.447 bits per heavy atom. The molecule has 4 nitrogen and oxygen atoms in total. The van der Waals surface area contributed by atoms with Crippen LogP contribution in [-0.4, -0.2) is 25.2 Å². The van der Waals surface area contributed by atoms with Crippen LogP contribution in [0, 0.1) is 0 Å². The summed E-state index contributed by atoms with van der Waals surface area (Å²) in [5, 5.41) is 0. The average molecular weight is 537 g/mol. The SMILES string of the molecule is CCCCCCCOC(=O)C/C=C/CCCCCCCCCCCCCCCC(=O)OCCCCCCC. The molecule has 0 aromatic carbocycles. The lowest BCUT2D eigenvalue weighted by Gasteiger charge is -2.05. The van der Waals surface area contributed by atoms with Gasteiger partial charge < -0.3 is 9.47 Å². The van der Waals surface area contributed by atoms with Crippen molar-refractivity contribution < 1.29 is 19.1 Å². The highest BCUT2D eigenvalue weighted by Gasteiger charge is 2.03. The third kappa shape index (κ3) is 30.9. The van der Waals surface area contributed by atoms with Crippen molar-refractivity contribution in [1.82, 2.24) is 0 Å². The Labute approximate surface area is 237 Å². The zero-order valence-electron chi connectivity index (χ0n) is 25.6. The number of unbranched alkanes of at least 4 members (excludes halogenated alkanes) is 21. The molecule has 0 heterocycles. The molecule has 0 bridgehead atoms. The second-order valence-electron chi connectivity index (χ2n) is 11.1. The fraction of sp³-hybridized carbons (Fsp3) is 0.882. The Balaban J connectivity index is 3.23. The second-order valence-corrected chi connectivity index (χ2v) is 11.1. The first kappa shape index (κ1) is 36.7. The lowest BCUT2D eigenvalue weighted by molar-refractivity contribution is -0.144. The number of rotatable bonds is 30. The molecule has 0 radical (unpaired) electrons. The van der Waals surface area contributed by atoms with Crippen molar-refractivity contribution in [3.8, 4) is 0 Å². The molecule has 0 fully saturated rings. The van der Waals surface area contributed by atoms with Crippen molar-refractivity contribution in [1.29, 1.82) is 0 Å². The lowest BCUT2D eigenvalue weighted by Crippen LogP contribution is -2.05. The van der Waals surface area contributed by atoms with Crippen LogP contribution in [0.1, 0.15) is 181 Å². The van der Waals surface area contributed by atoms with Crippen LogP contribution in [0.15, 0.2) is 12.2 Å². The highest BCUT2D eigenvalue weighted by atomic mass is 16.5. The van der Waals surface area contributed by atoms with Crippen molar-refractivity contribution in [3.05, 3.63) is 12.2 Å². The second kappa shape index (κ2) is 31.9. The maximum absolute atomic E-state index is 11.7. The Morgan fingerprint density at radius 2 is 0.842 bits per heavy atom. The molecule has 0 atom stereocenters. The molecule has 0 aromatic rings. The Morgan fingerprint density at radius 3 is 1.34 bits per heavy atom. The first-order valence-electron chi connectivity index (χ1n) is 16.7. The van der Waals surface area contributed by atoms with E-state index in [1.807, 2.05) is 6.08 Å².